The minimum Gasteiger partial charge on any atom is -0.506 e. The molecule has 302 valence electrons. The monoisotopic (exact) mass is 790 g/mol. The van der Waals surface area contributed by atoms with Gasteiger partial charge in [0.1, 0.15) is 29.9 Å². The first kappa shape index (κ1) is 41.1. The van der Waals surface area contributed by atoms with E-state index in [4.69, 9.17) is 9.84 Å². The maximum atomic E-state index is 14.2. The molecule has 1 aliphatic rings. The third-order valence-electron chi connectivity index (χ3n) is 10.1. The summed E-state index contributed by atoms with van der Waals surface area (Å²) in [5, 5.41) is 32.9. The molecule has 0 bridgehead atoms. The van der Waals surface area contributed by atoms with E-state index in [1.54, 1.807) is 12.1 Å². The molecule has 6 rings (SSSR count). The van der Waals surface area contributed by atoms with Gasteiger partial charge >= 0.3 is 5.97 Å². The number of pyridine rings is 1. The first-order valence-corrected chi connectivity index (χ1v) is 19.0. The fourth-order valence-corrected chi connectivity index (χ4v) is 6.94. The van der Waals surface area contributed by atoms with Gasteiger partial charge in [0.15, 0.2) is 0 Å². The molecule has 4 amide bonds. The SMILES string of the molecule is Cn1c(=O)c(C(=O)NCC(=O)O)c(O)c2cc(CNC(=O)[C@@H](Cc3ccccc3)NC(=O)[C@H](Cc3ccc4ccccc4c3)NC(=O)CCN3CCOCC3)ccc21. The van der Waals surface area contributed by atoms with Gasteiger partial charge in [-0.2, -0.15) is 0 Å². The van der Waals surface area contributed by atoms with Crippen LogP contribution in [0.15, 0.2) is 95.8 Å². The zero-order valence-electron chi connectivity index (χ0n) is 32.0. The first-order chi connectivity index (χ1) is 28.0. The van der Waals surface area contributed by atoms with E-state index in [-0.39, 0.29) is 37.1 Å². The number of carboxylic acid groups (broad SMARTS) is 1. The molecule has 6 N–H and O–H groups in total. The number of aliphatic carboxylic acids is 1. The summed E-state index contributed by atoms with van der Waals surface area (Å²) in [5.74, 6) is -4.35. The molecule has 5 aromatic rings. The number of aryl methyl sites for hydroxylation is 1. The van der Waals surface area contributed by atoms with E-state index < -0.39 is 59.2 Å². The van der Waals surface area contributed by atoms with Gasteiger partial charge in [-0.1, -0.05) is 78.9 Å². The molecule has 4 aromatic carbocycles. The molecule has 0 radical (unpaired) electrons. The number of nitrogens with zero attached hydrogens (tertiary/aromatic N) is 2. The second kappa shape index (κ2) is 19.0. The van der Waals surface area contributed by atoms with Crippen molar-refractivity contribution in [1.29, 1.82) is 0 Å². The first-order valence-electron chi connectivity index (χ1n) is 19.0. The van der Waals surface area contributed by atoms with Crippen LogP contribution in [0.1, 0.15) is 33.5 Å². The Hall–Kier alpha value is -6.58. The van der Waals surface area contributed by atoms with Crippen molar-refractivity contribution in [2.75, 3.05) is 39.4 Å². The molecule has 0 unspecified atom stereocenters. The lowest BCUT2D eigenvalue weighted by Gasteiger charge is -2.27. The number of hydrogen-bond donors (Lipinski definition) is 6. The smallest absolute Gasteiger partial charge is 0.322 e. The molecule has 1 aliphatic heterocycles. The van der Waals surface area contributed by atoms with Crippen LogP contribution in [0.4, 0.5) is 0 Å². The van der Waals surface area contributed by atoms with Crippen LogP contribution in [-0.2, 0) is 50.3 Å². The predicted molar refractivity (Wildman–Crippen MR) is 216 cm³/mol. The maximum Gasteiger partial charge on any atom is 0.322 e. The number of carbonyl (C=O) groups excluding carboxylic acids is 4. The predicted octanol–water partition coefficient (Wildman–Crippen LogP) is 2.01. The summed E-state index contributed by atoms with van der Waals surface area (Å²) in [6, 6.07) is 25.5. The third-order valence-corrected chi connectivity index (χ3v) is 10.1. The zero-order chi connectivity index (χ0) is 41.2. The number of carboxylic acids is 1. The highest BCUT2D eigenvalue weighted by Crippen LogP contribution is 2.27. The molecular formula is C43H46N6O9. The van der Waals surface area contributed by atoms with Crippen molar-refractivity contribution in [3.63, 3.8) is 0 Å². The number of benzene rings is 4. The van der Waals surface area contributed by atoms with E-state index in [9.17, 15) is 33.9 Å². The Morgan fingerprint density at radius 1 is 0.759 bits per heavy atom. The molecule has 1 fully saturated rings. The number of amides is 4. The number of hydrogen-bond acceptors (Lipinski definition) is 9. The third kappa shape index (κ3) is 10.4. The second-order valence-electron chi connectivity index (χ2n) is 14.2. The van der Waals surface area contributed by atoms with Crippen molar-refractivity contribution < 1.29 is 38.9 Å². The molecule has 15 nitrogen and oxygen atoms in total. The number of fused-ring (bicyclic) bond motifs is 2. The number of morpholine rings is 1. The second-order valence-corrected chi connectivity index (χ2v) is 14.2. The lowest BCUT2D eigenvalue weighted by Crippen LogP contribution is -2.55. The van der Waals surface area contributed by atoms with Gasteiger partial charge in [0.2, 0.25) is 17.7 Å². The van der Waals surface area contributed by atoms with E-state index in [2.05, 4.69) is 26.2 Å². The van der Waals surface area contributed by atoms with Gasteiger partial charge in [-0.15, -0.1) is 0 Å². The summed E-state index contributed by atoms with van der Waals surface area (Å²) in [6.07, 6.45) is 0.500. The van der Waals surface area contributed by atoms with E-state index in [1.165, 1.54) is 13.1 Å². The largest absolute Gasteiger partial charge is 0.506 e. The van der Waals surface area contributed by atoms with E-state index in [0.29, 0.717) is 30.8 Å². The fourth-order valence-electron chi connectivity index (χ4n) is 6.94. The Balaban J connectivity index is 1.21. The standard InChI is InChI=1S/C43H46N6O9/c1-48-35-14-12-29(22-32(35)39(53)38(43(48)57)42(56)45-26-37(51)52)25-44-40(54)33(23-27-7-3-2-4-8-27)47-41(55)34(46-36(50)15-16-49-17-19-58-20-18-49)24-28-11-13-30-9-5-6-10-31(30)21-28/h2-14,21-22,33-34,53H,15-20,23-26H2,1H3,(H,44,54)(H,45,56)(H,46,50)(H,47,55)(H,51,52)/t33-,34+/m1/s1. The molecule has 0 saturated carbocycles. The summed E-state index contributed by atoms with van der Waals surface area (Å²) in [4.78, 5) is 80.2. The van der Waals surface area contributed by atoms with Crippen LogP contribution >= 0.6 is 0 Å². The Kier molecular flexibility index (Phi) is 13.5. The molecule has 0 spiro atoms. The Morgan fingerprint density at radius 3 is 2.17 bits per heavy atom. The van der Waals surface area contributed by atoms with Gasteiger partial charge in [0.25, 0.3) is 11.5 Å². The highest BCUT2D eigenvalue weighted by Gasteiger charge is 2.28. The molecular weight excluding hydrogens is 745 g/mol. The summed E-state index contributed by atoms with van der Waals surface area (Å²) >= 11 is 0. The topological polar surface area (TPSA) is 208 Å². The summed E-state index contributed by atoms with van der Waals surface area (Å²) < 4.78 is 6.58. The van der Waals surface area contributed by atoms with Crippen LogP contribution in [0, 0.1) is 0 Å². The van der Waals surface area contributed by atoms with Gasteiger partial charge in [-0.25, -0.2) is 0 Å². The van der Waals surface area contributed by atoms with Crippen molar-refractivity contribution in [3.8, 4) is 5.75 Å². The average Bonchev–Trinajstić information content (AvgIpc) is 3.23. The lowest BCUT2D eigenvalue weighted by molar-refractivity contribution is -0.135. The Bertz CT molecular complexity index is 2380. The highest BCUT2D eigenvalue weighted by atomic mass is 16.5. The molecule has 1 saturated heterocycles. The van der Waals surface area contributed by atoms with Crippen LogP contribution in [0.5, 0.6) is 5.75 Å². The van der Waals surface area contributed by atoms with Crippen LogP contribution in [-0.4, -0.2) is 101 Å². The molecule has 2 heterocycles. The molecule has 2 atom stereocenters. The van der Waals surface area contributed by atoms with Crippen molar-refractivity contribution in [1.82, 2.24) is 30.7 Å². The quantitative estimate of drug-likeness (QED) is 0.0857. The molecule has 0 aliphatic carbocycles. The normalized spacial score (nSPS) is 14.0. The summed E-state index contributed by atoms with van der Waals surface area (Å²) in [5.41, 5.74) is 0.976. The number of carbonyl (C=O) groups is 5. The number of aromatic hydroxyl groups is 1. The fraction of sp³-hybridized carbons (Fsp3) is 0.302. The van der Waals surface area contributed by atoms with Gasteiger partial charge in [-0.3, -0.25) is 33.7 Å². The number of ether oxygens (including phenoxy) is 1. The highest BCUT2D eigenvalue weighted by molar-refractivity contribution is 6.03. The van der Waals surface area contributed by atoms with Crippen LogP contribution < -0.4 is 26.8 Å². The Labute approximate surface area is 334 Å². The average molecular weight is 791 g/mol. The summed E-state index contributed by atoms with van der Waals surface area (Å²) in [7, 11) is 1.41. The van der Waals surface area contributed by atoms with Crippen LogP contribution in [0.3, 0.4) is 0 Å². The van der Waals surface area contributed by atoms with E-state index in [0.717, 1.165) is 39.6 Å². The van der Waals surface area contributed by atoms with Gasteiger partial charge in [0.05, 0.1) is 18.7 Å². The summed E-state index contributed by atoms with van der Waals surface area (Å²) in [6.45, 7) is 2.34. The van der Waals surface area contributed by atoms with E-state index in [1.807, 2.05) is 72.8 Å². The molecule has 15 heteroatoms. The number of aromatic nitrogens is 1. The van der Waals surface area contributed by atoms with Crippen molar-refractivity contribution in [2.24, 2.45) is 7.05 Å². The zero-order valence-corrected chi connectivity index (χ0v) is 32.0. The van der Waals surface area contributed by atoms with Gasteiger partial charge < -0.3 is 40.8 Å². The lowest BCUT2D eigenvalue weighted by atomic mass is 10.00. The van der Waals surface area contributed by atoms with Crippen LogP contribution in [0.2, 0.25) is 0 Å². The minimum atomic E-state index is -1.32. The van der Waals surface area contributed by atoms with Gasteiger partial charge in [-0.05, 0) is 39.6 Å². The van der Waals surface area contributed by atoms with Crippen molar-refractivity contribution >= 4 is 51.3 Å². The molecule has 1 aromatic heterocycles. The Morgan fingerprint density at radius 2 is 1.43 bits per heavy atom. The van der Waals surface area contributed by atoms with Crippen molar-refractivity contribution in [3.05, 3.63) is 124 Å². The van der Waals surface area contributed by atoms with Crippen LogP contribution in [0.25, 0.3) is 21.7 Å². The maximum absolute atomic E-state index is 14.2. The molecule has 58 heavy (non-hydrogen) atoms. The number of nitrogens with one attached hydrogen (secondary N) is 4. The van der Waals surface area contributed by atoms with Gasteiger partial charge in [0, 0.05) is 57.9 Å². The minimum absolute atomic E-state index is 0.0580. The van der Waals surface area contributed by atoms with Crippen molar-refractivity contribution in [2.45, 2.75) is 37.9 Å². The van der Waals surface area contributed by atoms with E-state index >= 15 is 0 Å². The number of rotatable bonds is 16.